The summed E-state index contributed by atoms with van der Waals surface area (Å²) in [6, 6.07) is 0. The zero-order valence-corrected chi connectivity index (χ0v) is 18.1. The van der Waals surface area contributed by atoms with Gasteiger partial charge in [0.1, 0.15) is 18.4 Å². The highest BCUT2D eigenvalue weighted by Crippen LogP contribution is 2.19. The number of amides is 2. The van der Waals surface area contributed by atoms with E-state index >= 15 is 0 Å². The molecule has 3 atom stereocenters. The van der Waals surface area contributed by atoms with E-state index in [0.29, 0.717) is 19.5 Å². The van der Waals surface area contributed by atoms with Crippen molar-refractivity contribution in [3.8, 4) is 11.8 Å². The standard InChI is InChI=1S/C20H27N7O6/c1-2-22-18(30)15(12(29)9-28)33-11-27-10-24-14-16(21)25-13(26-17(14)27)5-7-20(32)6-3-4-8-23-19(20)31/h10,12,15,28-29,32H,2-4,6,8-9,11H2,1H3,(H,22,30)(H,23,31)(H2,21,25,26)/t12?,15-,20?/m0/s1. The average Bonchev–Trinajstić information content (AvgIpc) is 3.12. The van der Waals surface area contributed by atoms with E-state index in [9.17, 15) is 24.9 Å². The van der Waals surface area contributed by atoms with E-state index in [1.807, 2.05) is 0 Å². The number of nitrogens with two attached hydrogens (primary N) is 1. The van der Waals surface area contributed by atoms with Crippen molar-refractivity contribution >= 4 is 28.8 Å². The Kier molecular flexibility index (Phi) is 7.77. The number of anilines is 1. The Morgan fingerprint density at radius 1 is 1.45 bits per heavy atom. The minimum atomic E-state index is -1.85. The van der Waals surface area contributed by atoms with Crippen LogP contribution in [-0.2, 0) is 21.1 Å². The van der Waals surface area contributed by atoms with E-state index in [-0.39, 0.29) is 36.0 Å². The van der Waals surface area contributed by atoms with E-state index in [0.717, 1.165) is 6.42 Å². The first-order valence-corrected chi connectivity index (χ1v) is 10.5. The van der Waals surface area contributed by atoms with Crippen LogP contribution in [-0.4, -0.2) is 84.2 Å². The summed E-state index contributed by atoms with van der Waals surface area (Å²) in [5, 5.41) is 34.9. The molecule has 7 N–H and O–H groups in total. The second-order valence-corrected chi connectivity index (χ2v) is 7.50. The second kappa shape index (κ2) is 10.5. The minimum Gasteiger partial charge on any atom is -0.394 e. The number of ether oxygens (including phenoxy) is 1. The van der Waals surface area contributed by atoms with Crippen molar-refractivity contribution in [1.82, 2.24) is 30.2 Å². The molecule has 2 unspecified atom stereocenters. The lowest BCUT2D eigenvalue weighted by Gasteiger charge is -2.21. The summed E-state index contributed by atoms with van der Waals surface area (Å²) in [6.07, 6.45) is 0.158. The third-order valence-corrected chi connectivity index (χ3v) is 5.04. The Morgan fingerprint density at radius 3 is 2.97 bits per heavy atom. The monoisotopic (exact) mass is 461 g/mol. The maximum atomic E-state index is 12.1. The van der Waals surface area contributed by atoms with E-state index in [2.05, 4.69) is 37.4 Å². The van der Waals surface area contributed by atoms with Crippen molar-refractivity contribution in [3.63, 3.8) is 0 Å². The molecule has 2 amide bonds. The molecule has 1 saturated heterocycles. The van der Waals surface area contributed by atoms with Crippen LogP contribution in [0.2, 0.25) is 0 Å². The Hall–Kier alpha value is -3.31. The number of aliphatic hydroxyl groups excluding tert-OH is 2. The predicted octanol–water partition coefficient (Wildman–Crippen LogP) is -2.38. The van der Waals surface area contributed by atoms with Gasteiger partial charge < -0.3 is 36.4 Å². The molecule has 13 heteroatoms. The molecule has 0 aromatic carbocycles. The van der Waals surface area contributed by atoms with E-state index in [1.165, 1.54) is 10.9 Å². The molecule has 13 nitrogen and oxygen atoms in total. The molecule has 178 valence electrons. The van der Waals surface area contributed by atoms with Gasteiger partial charge in [-0.05, 0) is 38.0 Å². The highest BCUT2D eigenvalue weighted by atomic mass is 16.5. The molecule has 0 saturated carbocycles. The van der Waals surface area contributed by atoms with Crippen LogP contribution >= 0.6 is 0 Å². The first-order chi connectivity index (χ1) is 15.8. The fourth-order valence-electron chi connectivity index (χ4n) is 3.26. The van der Waals surface area contributed by atoms with Crippen molar-refractivity contribution in [3.05, 3.63) is 12.2 Å². The molecule has 0 spiro atoms. The number of aliphatic hydroxyl groups is 3. The van der Waals surface area contributed by atoms with Crippen molar-refractivity contribution in [1.29, 1.82) is 0 Å². The third-order valence-electron chi connectivity index (χ3n) is 5.04. The van der Waals surface area contributed by atoms with Gasteiger partial charge in [0.15, 0.2) is 17.6 Å². The third kappa shape index (κ3) is 5.55. The van der Waals surface area contributed by atoms with Gasteiger partial charge in [-0.1, -0.05) is 0 Å². The van der Waals surface area contributed by atoms with Gasteiger partial charge in [-0.2, -0.15) is 0 Å². The number of likely N-dealkylation sites (N-methyl/N-ethyl adjacent to an activating group) is 1. The molecule has 0 aliphatic carbocycles. The number of nitrogen functional groups attached to an aromatic ring is 1. The molecular weight excluding hydrogens is 434 g/mol. The fraction of sp³-hybridized carbons (Fsp3) is 0.550. The smallest absolute Gasteiger partial charge is 0.264 e. The number of carbonyl (C=O) groups is 2. The fourth-order valence-corrected chi connectivity index (χ4v) is 3.26. The SMILES string of the molecule is CCNC(=O)[C@@H](OCn1cnc2c(N)nc(C#CC3(O)CCCCNC3=O)nc21)C(O)CO. The van der Waals surface area contributed by atoms with Crippen molar-refractivity contribution in [2.45, 2.75) is 50.7 Å². The Labute approximate surface area is 189 Å². The lowest BCUT2D eigenvalue weighted by atomic mass is 9.98. The highest BCUT2D eigenvalue weighted by Gasteiger charge is 2.35. The largest absolute Gasteiger partial charge is 0.394 e. The summed E-state index contributed by atoms with van der Waals surface area (Å²) in [7, 11) is 0. The molecule has 1 fully saturated rings. The zero-order valence-electron chi connectivity index (χ0n) is 18.1. The summed E-state index contributed by atoms with van der Waals surface area (Å²) < 4.78 is 6.93. The van der Waals surface area contributed by atoms with Crippen LogP contribution < -0.4 is 16.4 Å². The lowest BCUT2D eigenvalue weighted by molar-refractivity contribution is -0.147. The van der Waals surface area contributed by atoms with Crippen LogP contribution in [0.1, 0.15) is 32.0 Å². The Balaban J connectivity index is 1.86. The first-order valence-electron chi connectivity index (χ1n) is 10.5. The number of nitrogens with one attached hydrogen (secondary N) is 2. The molecule has 1 aliphatic rings. The minimum absolute atomic E-state index is 0.0241. The molecule has 3 rings (SSSR count). The van der Waals surface area contributed by atoms with Crippen LogP contribution in [0.25, 0.3) is 11.2 Å². The number of fused-ring (bicyclic) bond motifs is 1. The summed E-state index contributed by atoms with van der Waals surface area (Å²) in [5.41, 5.74) is 4.60. The number of nitrogens with zero attached hydrogens (tertiary/aromatic N) is 4. The van der Waals surface area contributed by atoms with Gasteiger partial charge >= 0.3 is 0 Å². The maximum Gasteiger partial charge on any atom is 0.264 e. The normalized spacial score (nSPS) is 20.3. The predicted molar refractivity (Wildman–Crippen MR) is 115 cm³/mol. The van der Waals surface area contributed by atoms with Crippen molar-refractivity contribution in [2.24, 2.45) is 0 Å². The molecule has 1 aliphatic heterocycles. The number of carbonyl (C=O) groups excluding carboxylic acids is 2. The summed E-state index contributed by atoms with van der Waals surface area (Å²) in [6.45, 7) is 1.59. The van der Waals surface area contributed by atoms with Crippen molar-refractivity contribution in [2.75, 3.05) is 25.4 Å². The maximum absolute atomic E-state index is 12.1. The van der Waals surface area contributed by atoms with Crippen LogP contribution in [0.5, 0.6) is 0 Å². The summed E-state index contributed by atoms with van der Waals surface area (Å²) >= 11 is 0. The molecule has 3 heterocycles. The van der Waals surface area contributed by atoms with Crippen LogP contribution in [0.4, 0.5) is 5.82 Å². The number of aromatic nitrogens is 4. The van der Waals surface area contributed by atoms with Gasteiger partial charge in [0.05, 0.1) is 12.9 Å². The van der Waals surface area contributed by atoms with Gasteiger partial charge in [-0.15, -0.1) is 0 Å². The van der Waals surface area contributed by atoms with Gasteiger partial charge in [0.2, 0.25) is 11.4 Å². The number of imidazole rings is 1. The molecule has 2 aromatic heterocycles. The molecular formula is C20H27N7O6. The molecule has 33 heavy (non-hydrogen) atoms. The van der Waals surface area contributed by atoms with E-state index in [4.69, 9.17) is 10.5 Å². The molecule has 2 aromatic rings. The van der Waals surface area contributed by atoms with E-state index < -0.39 is 36.2 Å². The number of hydrogen-bond donors (Lipinski definition) is 6. The topological polar surface area (TPSA) is 198 Å². The van der Waals surface area contributed by atoms with Gasteiger partial charge in [-0.25, -0.2) is 15.0 Å². The Bertz CT molecular complexity index is 1080. The second-order valence-electron chi connectivity index (χ2n) is 7.50. The highest BCUT2D eigenvalue weighted by molar-refractivity contribution is 5.89. The lowest BCUT2D eigenvalue weighted by Crippen LogP contribution is -2.45. The number of hydrogen-bond acceptors (Lipinski definition) is 10. The Morgan fingerprint density at radius 2 is 2.24 bits per heavy atom. The zero-order chi connectivity index (χ0) is 24.0. The average molecular weight is 461 g/mol. The number of rotatable bonds is 7. The first kappa shape index (κ1) is 24.3. The van der Waals surface area contributed by atoms with Gasteiger partial charge in [0, 0.05) is 13.1 Å². The van der Waals surface area contributed by atoms with Crippen LogP contribution in [0, 0.1) is 11.8 Å². The summed E-state index contributed by atoms with van der Waals surface area (Å²) in [5.74, 6) is 3.99. The van der Waals surface area contributed by atoms with Gasteiger partial charge in [0.25, 0.3) is 11.8 Å². The molecule has 0 bridgehead atoms. The van der Waals surface area contributed by atoms with Gasteiger partial charge in [-0.3, -0.25) is 14.2 Å². The molecule has 0 radical (unpaired) electrons. The summed E-state index contributed by atoms with van der Waals surface area (Å²) in [4.78, 5) is 36.8. The van der Waals surface area contributed by atoms with Crippen LogP contribution in [0.15, 0.2) is 6.33 Å². The quantitative estimate of drug-likeness (QED) is 0.242. The van der Waals surface area contributed by atoms with E-state index in [1.54, 1.807) is 6.92 Å². The van der Waals surface area contributed by atoms with Crippen molar-refractivity contribution < 1.29 is 29.6 Å². The van der Waals surface area contributed by atoms with Crippen LogP contribution in [0.3, 0.4) is 0 Å².